The maximum absolute atomic E-state index is 11.5. The van der Waals surface area contributed by atoms with Gasteiger partial charge < -0.3 is 40.3 Å². The van der Waals surface area contributed by atoms with Crippen molar-refractivity contribution in [2.24, 2.45) is 0 Å². The van der Waals surface area contributed by atoms with E-state index >= 15 is 0 Å². The molecule has 0 bridgehead atoms. The van der Waals surface area contributed by atoms with Gasteiger partial charge in [0.25, 0.3) is 0 Å². The van der Waals surface area contributed by atoms with Gasteiger partial charge in [0.15, 0.2) is 17.0 Å². The predicted molar refractivity (Wildman–Crippen MR) is 161 cm³/mol. The number of fused-ring (bicyclic) bond motifs is 3. The third-order valence-corrected chi connectivity index (χ3v) is 9.51. The van der Waals surface area contributed by atoms with Gasteiger partial charge in [0, 0.05) is 6.42 Å². The molecule has 7 N–H and O–H groups in total. The van der Waals surface area contributed by atoms with Gasteiger partial charge >= 0.3 is 7.82 Å². The number of phosphoric acid groups is 1. The molecule has 4 unspecified atom stereocenters. The minimum Gasteiger partial charge on any atom is -0.394 e. The van der Waals surface area contributed by atoms with Gasteiger partial charge in [-0.3, -0.25) is 9.09 Å². The normalized spacial score (nSPS) is 27.2. The smallest absolute Gasteiger partial charge is 0.394 e. The van der Waals surface area contributed by atoms with E-state index in [-0.39, 0.29) is 12.2 Å². The van der Waals surface area contributed by atoms with E-state index in [2.05, 4.69) is 20.3 Å². The number of nitrogens with one attached hydrogen (secondary N) is 1. The summed E-state index contributed by atoms with van der Waals surface area (Å²) in [6, 6.07) is 15.0. The van der Waals surface area contributed by atoms with Crippen molar-refractivity contribution >= 4 is 57.1 Å². The highest BCUT2D eigenvalue weighted by Gasteiger charge is 2.43. The van der Waals surface area contributed by atoms with Crippen LogP contribution >= 0.6 is 7.82 Å². The van der Waals surface area contributed by atoms with E-state index in [9.17, 15) is 34.8 Å². The molecular weight excluding hydrogens is 605 g/mol. The van der Waals surface area contributed by atoms with Gasteiger partial charge in [0.05, 0.1) is 19.0 Å². The molecule has 6 aromatic rings. The lowest BCUT2D eigenvalue weighted by molar-refractivity contribution is -0.0766. The Hall–Kier alpha value is -3.82. The second kappa shape index (κ2) is 10.4. The van der Waals surface area contributed by atoms with Crippen LogP contribution in [0.25, 0.3) is 43.5 Å². The highest BCUT2D eigenvalue weighted by atomic mass is 31.2. The SMILES string of the molecule is O=P(O)(O)O[C@H]1C[C@H](n2cnc3c(NC4c5c(cc6ccc7cccc8ccc5c6c78)C(O)C(O)C4O)ncnc32)O[C@@H]1CO. The van der Waals surface area contributed by atoms with Gasteiger partial charge in [-0.05, 0) is 49.5 Å². The molecule has 0 radical (unpaired) electrons. The van der Waals surface area contributed by atoms with E-state index in [4.69, 9.17) is 9.26 Å². The lowest BCUT2D eigenvalue weighted by atomic mass is 9.77. The molecule has 0 amide bonds. The highest BCUT2D eigenvalue weighted by Crippen LogP contribution is 2.47. The summed E-state index contributed by atoms with van der Waals surface area (Å²) in [5.74, 6) is 0.239. The molecular formula is C30H28N5O9P. The maximum atomic E-state index is 11.5. The van der Waals surface area contributed by atoms with Crippen LogP contribution in [0.3, 0.4) is 0 Å². The second-order valence-electron chi connectivity index (χ2n) is 11.5. The zero-order valence-corrected chi connectivity index (χ0v) is 24.3. The lowest BCUT2D eigenvalue weighted by Gasteiger charge is -2.39. The number of hydrogen-bond donors (Lipinski definition) is 7. The van der Waals surface area contributed by atoms with E-state index in [1.165, 1.54) is 12.7 Å². The van der Waals surface area contributed by atoms with E-state index in [0.717, 1.165) is 32.3 Å². The Balaban J connectivity index is 1.22. The number of benzene rings is 4. The van der Waals surface area contributed by atoms with Crippen molar-refractivity contribution in [3.8, 4) is 0 Å². The number of hydrogen-bond acceptors (Lipinski definition) is 11. The molecule has 2 aliphatic rings. The fraction of sp³-hybridized carbons (Fsp3) is 0.300. The summed E-state index contributed by atoms with van der Waals surface area (Å²) >= 11 is 0. The Kier molecular flexibility index (Phi) is 6.59. The second-order valence-corrected chi connectivity index (χ2v) is 12.7. The largest absolute Gasteiger partial charge is 0.469 e. The number of anilines is 1. The van der Waals surface area contributed by atoms with Crippen molar-refractivity contribution in [2.45, 2.75) is 49.2 Å². The molecule has 1 aliphatic carbocycles. The van der Waals surface area contributed by atoms with E-state index < -0.39 is 57.2 Å². The Labute approximate surface area is 254 Å². The van der Waals surface area contributed by atoms with Crippen molar-refractivity contribution in [1.29, 1.82) is 0 Å². The van der Waals surface area contributed by atoms with Crippen molar-refractivity contribution in [3.63, 3.8) is 0 Å². The van der Waals surface area contributed by atoms with Crippen LogP contribution in [0, 0.1) is 0 Å². The van der Waals surface area contributed by atoms with Crippen LogP contribution < -0.4 is 5.32 Å². The number of ether oxygens (including phenoxy) is 1. The van der Waals surface area contributed by atoms with Gasteiger partial charge in [-0.1, -0.05) is 42.5 Å². The van der Waals surface area contributed by atoms with Crippen molar-refractivity contribution in [2.75, 3.05) is 11.9 Å². The first-order valence-electron chi connectivity index (χ1n) is 14.3. The number of rotatable bonds is 6. The molecule has 3 heterocycles. The molecule has 0 spiro atoms. The van der Waals surface area contributed by atoms with E-state index in [1.807, 2.05) is 48.5 Å². The first kappa shape index (κ1) is 28.6. The molecule has 1 fully saturated rings. The molecule has 1 aliphatic heterocycles. The van der Waals surface area contributed by atoms with Crippen LogP contribution in [0.4, 0.5) is 5.82 Å². The third kappa shape index (κ3) is 4.49. The van der Waals surface area contributed by atoms with Crippen LogP contribution in [-0.2, 0) is 13.8 Å². The lowest BCUT2D eigenvalue weighted by Crippen LogP contribution is -2.44. The third-order valence-electron chi connectivity index (χ3n) is 8.96. The minimum absolute atomic E-state index is 0.00602. The first-order valence-corrected chi connectivity index (χ1v) is 15.8. The molecule has 7 atom stereocenters. The van der Waals surface area contributed by atoms with Crippen molar-refractivity contribution in [3.05, 3.63) is 72.3 Å². The van der Waals surface area contributed by atoms with Crippen LogP contribution in [0.2, 0.25) is 0 Å². The standard InChI is InChI=1S/C30H28N5O9P/c36-10-19-18(44-45(40,41)42)9-20(43-19)35-12-33-25-29(31-11-32-30(25)35)34-24-23-16-7-6-14-3-1-2-13-4-5-15(22(16)21(13)14)8-17(23)26(37)28(39)27(24)38/h1-8,11-12,18-20,24,26-28,36-39H,9-10H2,(H,31,32,34)(H2,40,41,42)/t18-,19+,20+,24?,26?,27?,28?/m0/s1. The topological polar surface area (TPSA) is 213 Å². The number of nitrogens with zero attached hydrogens (tertiary/aromatic N) is 4. The Morgan fingerprint density at radius 2 is 1.73 bits per heavy atom. The highest BCUT2D eigenvalue weighted by molar-refractivity contribution is 7.46. The number of aliphatic hydroxyl groups excluding tert-OH is 4. The summed E-state index contributed by atoms with van der Waals surface area (Å²) < 4.78 is 23.7. The van der Waals surface area contributed by atoms with Crippen LogP contribution in [0.1, 0.15) is 35.9 Å². The van der Waals surface area contributed by atoms with E-state index in [0.29, 0.717) is 22.3 Å². The van der Waals surface area contributed by atoms with Gasteiger partial charge in [0.2, 0.25) is 0 Å². The van der Waals surface area contributed by atoms with Crippen LogP contribution in [0.5, 0.6) is 0 Å². The maximum Gasteiger partial charge on any atom is 0.469 e. The number of aromatic nitrogens is 4. The fourth-order valence-corrected chi connectivity index (χ4v) is 7.56. The predicted octanol–water partition coefficient (Wildman–Crippen LogP) is 2.40. The Bertz CT molecular complexity index is 2120. The summed E-state index contributed by atoms with van der Waals surface area (Å²) in [7, 11) is -4.84. The van der Waals surface area contributed by atoms with Gasteiger partial charge in [-0.15, -0.1) is 0 Å². The summed E-state index contributed by atoms with van der Waals surface area (Å²) in [6.45, 7) is -0.523. The van der Waals surface area contributed by atoms with Gasteiger partial charge in [-0.25, -0.2) is 19.5 Å². The van der Waals surface area contributed by atoms with Crippen LogP contribution in [0.15, 0.2) is 61.2 Å². The quantitative estimate of drug-likeness (QED) is 0.104. The minimum atomic E-state index is -4.84. The molecule has 45 heavy (non-hydrogen) atoms. The number of aliphatic hydroxyl groups is 4. The molecule has 0 saturated carbocycles. The summed E-state index contributed by atoms with van der Waals surface area (Å²) in [5.41, 5.74) is 1.72. The fourth-order valence-electron chi connectivity index (χ4n) is 6.98. The molecule has 1 saturated heterocycles. The monoisotopic (exact) mass is 633 g/mol. The summed E-state index contributed by atoms with van der Waals surface area (Å²) in [5, 5.41) is 52.3. The Morgan fingerprint density at radius 3 is 2.49 bits per heavy atom. The first-order chi connectivity index (χ1) is 21.6. The van der Waals surface area contributed by atoms with Crippen molar-refractivity contribution in [1.82, 2.24) is 19.5 Å². The van der Waals surface area contributed by atoms with Crippen molar-refractivity contribution < 1.29 is 44.0 Å². The number of imidazole rings is 1. The molecule has 14 nitrogen and oxygen atoms in total. The molecule has 8 rings (SSSR count). The zero-order chi connectivity index (χ0) is 31.2. The molecule has 2 aromatic heterocycles. The summed E-state index contributed by atoms with van der Waals surface area (Å²) in [6.07, 6.45) is -4.40. The number of phosphoric ester groups is 1. The van der Waals surface area contributed by atoms with Crippen LogP contribution in [-0.4, -0.2) is 80.8 Å². The zero-order valence-electron chi connectivity index (χ0n) is 23.4. The molecule has 15 heteroatoms. The average Bonchev–Trinajstić information content (AvgIpc) is 3.64. The molecule has 232 valence electrons. The van der Waals surface area contributed by atoms with E-state index in [1.54, 1.807) is 4.57 Å². The van der Waals surface area contributed by atoms with Gasteiger partial charge in [0.1, 0.15) is 43.1 Å². The molecule has 4 aromatic carbocycles. The summed E-state index contributed by atoms with van der Waals surface area (Å²) in [4.78, 5) is 31.8. The Morgan fingerprint density at radius 1 is 0.978 bits per heavy atom. The van der Waals surface area contributed by atoms with Gasteiger partial charge in [-0.2, -0.15) is 0 Å². The average molecular weight is 634 g/mol.